The standard InChI is InChI=1S/C12H15ClN2O3S/c1-14(19(2,17)18)11-7-8-15(12(11)16)10-6-4-3-5-9(10)13/h3-6,11H,7-8H2,1-2H3/t11-/m1/s1. The SMILES string of the molecule is CN([C@@H]1CCN(c2ccccc2Cl)C1=O)S(C)(=O)=O. The van der Waals surface area contributed by atoms with Crippen molar-refractivity contribution in [2.75, 3.05) is 24.7 Å². The number of amides is 1. The highest BCUT2D eigenvalue weighted by molar-refractivity contribution is 7.88. The summed E-state index contributed by atoms with van der Waals surface area (Å²) in [6.07, 6.45) is 1.56. The van der Waals surface area contributed by atoms with Gasteiger partial charge in [-0.25, -0.2) is 8.42 Å². The highest BCUT2D eigenvalue weighted by atomic mass is 35.5. The van der Waals surface area contributed by atoms with Crippen LogP contribution >= 0.6 is 11.6 Å². The first-order chi connectivity index (χ1) is 8.82. The molecule has 5 nitrogen and oxygen atoms in total. The van der Waals surface area contributed by atoms with Gasteiger partial charge in [0.05, 0.1) is 17.0 Å². The maximum atomic E-state index is 12.3. The number of benzene rings is 1. The molecule has 0 bridgehead atoms. The van der Waals surface area contributed by atoms with E-state index in [0.29, 0.717) is 23.7 Å². The Morgan fingerprint density at radius 1 is 1.37 bits per heavy atom. The minimum atomic E-state index is -3.38. The molecule has 1 saturated heterocycles. The Bertz CT molecular complexity index is 603. The van der Waals surface area contributed by atoms with E-state index in [1.54, 1.807) is 24.3 Å². The number of anilines is 1. The van der Waals surface area contributed by atoms with Crippen LogP contribution in [-0.4, -0.2) is 44.5 Å². The second-order valence-corrected chi connectivity index (χ2v) is 6.97. The van der Waals surface area contributed by atoms with Gasteiger partial charge in [-0.1, -0.05) is 23.7 Å². The molecule has 0 unspecified atom stereocenters. The topological polar surface area (TPSA) is 57.7 Å². The predicted octanol–water partition coefficient (Wildman–Crippen LogP) is 1.34. The molecule has 0 saturated carbocycles. The molecule has 2 rings (SSSR count). The molecule has 0 aliphatic carbocycles. The molecular formula is C12H15ClN2O3S. The second-order valence-electron chi connectivity index (χ2n) is 4.52. The van der Waals surface area contributed by atoms with Crippen molar-refractivity contribution in [2.24, 2.45) is 0 Å². The van der Waals surface area contributed by atoms with E-state index in [9.17, 15) is 13.2 Å². The monoisotopic (exact) mass is 302 g/mol. The Morgan fingerprint density at radius 2 is 2.00 bits per heavy atom. The van der Waals surface area contributed by atoms with Gasteiger partial charge in [-0.2, -0.15) is 4.31 Å². The number of halogens is 1. The minimum absolute atomic E-state index is 0.235. The molecule has 1 aliphatic heterocycles. The number of nitrogens with zero attached hydrogens (tertiary/aromatic N) is 2. The lowest BCUT2D eigenvalue weighted by Gasteiger charge is -2.22. The van der Waals surface area contributed by atoms with Crippen LogP contribution < -0.4 is 4.90 Å². The molecule has 0 radical (unpaired) electrons. The quantitative estimate of drug-likeness (QED) is 0.846. The molecule has 1 aliphatic rings. The smallest absolute Gasteiger partial charge is 0.245 e. The van der Waals surface area contributed by atoms with E-state index in [2.05, 4.69) is 0 Å². The molecule has 0 aromatic heterocycles. The summed E-state index contributed by atoms with van der Waals surface area (Å²) >= 11 is 6.06. The summed E-state index contributed by atoms with van der Waals surface area (Å²) < 4.78 is 24.1. The molecule has 19 heavy (non-hydrogen) atoms. The average molecular weight is 303 g/mol. The van der Waals surface area contributed by atoms with Crippen LogP contribution in [0.25, 0.3) is 0 Å². The number of rotatable bonds is 3. The fourth-order valence-electron chi connectivity index (χ4n) is 2.14. The molecule has 1 aromatic carbocycles. The van der Waals surface area contributed by atoms with Crippen LogP contribution in [0.3, 0.4) is 0 Å². The minimum Gasteiger partial charge on any atom is -0.309 e. The van der Waals surface area contributed by atoms with Crippen LogP contribution in [0.2, 0.25) is 5.02 Å². The summed E-state index contributed by atoms with van der Waals surface area (Å²) in [5, 5.41) is 0.485. The third kappa shape index (κ3) is 2.75. The van der Waals surface area contributed by atoms with Gasteiger partial charge in [-0.05, 0) is 18.6 Å². The summed E-state index contributed by atoms with van der Waals surface area (Å²) in [5.41, 5.74) is 0.624. The van der Waals surface area contributed by atoms with Gasteiger partial charge in [0.1, 0.15) is 6.04 Å². The van der Waals surface area contributed by atoms with Gasteiger partial charge in [-0.15, -0.1) is 0 Å². The lowest BCUT2D eigenvalue weighted by atomic mass is 10.2. The Hall–Kier alpha value is -1.11. The van der Waals surface area contributed by atoms with Gasteiger partial charge in [0.2, 0.25) is 15.9 Å². The molecule has 1 fully saturated rings. The molecule has 104 valence electrons. The maximum absolute atomic E-state index is 12.3. The lowest BCUT2D eigenvalue weighted by Crippen LogP contribution is -2.42. The molecule has 0 spiro atoms. The molecule has 1 atom stereocenters. The van der Waals surface area contributed by atoms with Crippen molar-refractivity contribution in [3.8, 4) is 0 Å². The van der Waals surface area contributed by atoms with Crippen molar-refractivity contribution < 1.29 is 13.2 Å². The van der Waals surface area contributed by atoms with Crippen LogP contribution in [-0.2, 0) is 14.8 Å². The van der Waals surface area contributed by atoms with Gasteiger partial charge in [0.15, 0.2) is 0 Å². The third-order valence-corrected chi connectivity index (χ3v) is 4.90. The highest BCUT2D eigenvalue weighted by Gasteiger charge is 2.38. The van der Waals surface area contributed by atoms with Crippen molar-refractivity contribution in [3.63, 3.8) is 0 Å². The van der Waals surface area contributed by atoms with E-state index in [1.807, 2.05) is 0 Å². The first-order valence-electron chi connectivity index (χ1n) is 5.81. The summed E-state index contributed by atoms with van der Waals surface area (Å²) in [4.78, 5) is 13.8. The number of para-hydroxylation sites is 1. The third-order valence-electron chi connectivity index (χ3n) is 3.28. The Kier molecular flexibility index (Phi) is 3.85. The zero-order valence-corrected chi connectivity index (χ0v) is 12.3. The molecule has 7 heteroatoms. The molecule has 1 amide bonds. The van der Waals surface area contributed by atoms with E-state index in [1.165, 1.54) is 11.9 Å². The van der Waals surface area contributed by atoms with Crippen LogP contribution in [0.4, 0.5) is 5.69 Å². The van der Waals surface area contributed by atoms with E-state index in [0.717, 1.165) is 10.6 Å². The van der Waals surface area contributed by atoms with Crippen molar-refractivity contribution in [3.05, 3.63) is 29.3 Å². The number of carbonyl (C=O) groups excluding carboxylic acids is 1. The van der Waals surface area contributed by atoms with E-state index in [4.69, 9.17) is 11.6 Å². The van der Waals surface area contributed by atoms with Gasteiger partial charge in [-0.3, -0.25) is 4.79 Å². The molecule has 1 aromatic rings. The average Bonchev–Trinajstić information content (AvgIpc) is 2.69. The van der Waals surface area contributed by atoms with Crippen LogP contribution in [0.15, 0.2) is 24.3 Å². The fourth-order valence-corrected chi connectivity index (χ4v) is 3.04. The van der Waals surface area contributed by atoms with E-state index < -0.39 is 16.1 Å². The van der Waals surface area contributed by atoms with Gasteiger partial charge in [0.25, 0.3) is 0 Å². The zero-order valence-electron chi connectivity index (χ0n) is 10.7. The van der Waals surface area contributed by atoms with Gasteiger partial charge in [0, 0.05) is 13.6 Å². The largest absolute Gasteiger partial charge is 0.309 e. The van der Waals surface area contributed by atoms with Gasteiger partial charge >= 0.3 is 0 Å². The predicted molar refractivity (Wildman–Crippen MR) is 74.8 cm³/mol. The molecule has 1 heterocycles. The first-order valence-corrected chi connectivity index (χ1v) is 8.04. The Morgan fingerprint density at radius 3 is 2.58 bits per heavy atom. The number of hydrogen-bond acceptors (Lipinski definition) is 3. The number of sulfonamides is 1. The second kappa shape index (κ2) is 5.11. The summed E-state index contributed by atoms with van der Waals surface area (Å²) in [7, 11) is -1.96. The van der Waals surface area contributed by atoms with Crippen LogP contribution in [0.1, 0.15) is 6.42 Å². The van der Waals surface area contributed by atoms with Crippen molar-refractivity contribution in [2.45, 2.75) is 12.5 Å². The summed E-state index contributed by atoms with van der Waals surface area (Å²) in [6, 6.07) is 6.39. The van der Waals surface area contributed by atoms with Gasteiger partial charge < -0.3 is 4.90 Å². The first kappa shape index (κ1) is 14.3. The summed E-state index contributed by atoms with van der Waals surface area (Å²) in [6.45, 7) is 0.465. The normalized spacial score (nSPS) is 20.3. The van der Waals surface area contributed by atoms with Crippen molar-refractivity contribution in [1.29, 1.82) is 0 Å². The lowest BCUT2D eigenvalue weighted by molar-refractivity contribution is -0.120. The number of likely N-dealkylation sites (N-methyl/N-ethyl adjacent to an activating group) is 1. The fraction of sp³-hybridized carbons (Fsp3) is 0.417. The van der Waals surface area contributed by atoms with Crippen molar-refractivity contribution >= 4 is 33.2 Å². The maximum Gasteiger partial charge on any atom is 0.245 e. The Labute approximate surface area is 117 Å². The van der Waals surface area contributed by atoms with Crippen molar-refractivity contribution in [1.82, 2.24) is 4.31 Å². The highest BCUT2D eigenvalue weighted by Crippen LogP contribution is 2.30. The Balaban J connectivity index is 2.26. The molecule has 0 N–H and O–H groups in total. The molecular weight excluding hydrogens is 288 g/mol. The number of hydrogen-bond donors (Lipinski definition) is 0. The van der Waals surface area contributed by atoms with E-state index in [-0.39, 0.29) is 5.91 Å². The van der Waals surface area contributed by atoms with E-state index >= 15 is 0 Å². The number of carbonyl (C=O) groups is 1. The summed E-state index contributed by atoms with van der Waals surface area (Å²) in [5.74, 6) is -0.235. The van der Waals surface area contributed by atoms with Crippen LogP contribution in [0.5, 0.6) is 0 Å². The zero-order chi connectivity index (χ0) is 14.2. The van der Waals surface area contributed by atoms with Crippen LogP contribution in [0, 0.1) is 0 Å².